The minimum absolute atomic E-state index is 0.0577. The van der Waals surface area contributed by atoms with Crippen molar-refractivity contribution in [3.05, 3.63) is 44.8 Å². The van der Waals surface area contributed by atoms with Gasteiger partial charge < -0.3 is 55.8 Å². The van der Waals surface area contributed by atoms with Crippen LogP contribution in [-0.4, -0.2) is 149 Å². The lowest BCUT2D eigenvalue weighted by atomic mass is 9.43. The summed E-state index contributed by atoms with van der Waals surface area (Å²) in [5, 5.41) is 70.9. The second kappa shape index (κ2) is 27.7. The van der Waals surface area contributed by atoms with E-state index in [1.54, 1.807) is 46.0 Å². The van der Waals surface area contributed by atoms with Crippen LogP contribution in [0.5, 0.6) is 17.2 Å². The third-order valence-corrected chi connectivity index (χ3v) is 23.0. The first-order valence-electron chi connectivity index (χ1n) is 31.1. The van der Waals surface area contributed by atoms with E-state index >= 15 is 0 Å². The molecule has 21 heteroatoms. The Morgan fingerprint density at radius 1 is 0.872 bits per heavy atom. The van der Waals surface area contributed by atoms with Crippen LogP contribution >= 0.6 is 23.1 Å². The van der Waals surface area contributed by atoms with Crippen molar-refractivity contribution in [1.82, 2.24) is 25.4 Å². The van der Waals surface area contributed by atoms with E-state index in [2.05, 4.69) is 54.5 Å². The molecule has 2 aromatic carbocycles. The number of aliphatic hydroxyl groups excluding tert-OH is 2. The monoisotopic (exact) mass is 1230 g/mol. The van der Waals surface area contributed by atoms with Gasteiger partial charge in [0.25, 0.3) is 0 Å². The Labute approximate surface area is 513 Å². The van der Waals surface area contributed by atoms with Crippen LogP contribution in [0.4, 0.5) is 4.79 Å². The van der Waals surface area contributed by atoms with E-state index in [-0.39, 0.29) is 119 Å². The summed E-state index contributed by atoms with van der Waals surface area (Å²) in [4.78, 5) is 89.6. The number of aromatic hydroxyl groups is 2. The maximum Gasteiger partial charge on any atom is 0.415 e. The average Bonchev–Trinajstić information content (AvgIpc) is 1.35. The van der Waals surface area contributed by atoms with Gasteiger partial charge in [0, 0.05) is 91.3 Å². The number of thiazole rings is 1. The van der Waals surface area contributed by atoms with E-state index in [0.717, 1.165) is 51.4 Å². The van der Waals surface area contributed by atoms with Gasteiger partial charge in [-0.1, -0.05) is 54.2 Å². The lowest BCUT2D eigenvalue weighted by Crippen LogP contribution is -2.58. The van der Waals surface area contributed by atoms with Crippen LogP contribution in [0, 0.1) is 53.3 Å². The number of carboxylic acids is 2. The molecule has 8 rings (SSSR count). The zero-order valence-corrected chi connectivity index (χ0v) is 53.0. The molecule has 19 nitrogen and oxygen atoms in total. The largest absolute Gasteiger partial charge is 0.507 e. The minimum Gasteiger partial charge on any atom is -0.507 e. The van der Waals surface area contributed by atoms with E-state index in [9.17, 15) is 59.4 Å². The van der Waals surface area contributed by atoms with E-state index in [1.165, 1.54) is 32.9 Å². The number of hydrogen-bond acceptors (Lipinski definition) is 15. The Balaban J connectivity index is 0.772. The van der Waals surface area contributed by atoms with Gasteiger partial charge in [-0.2, -0.15) is 0 Å². The normalized spacial score (nSPS) is 26.8. The van der Waals surface area contributed by atoms with Gasteiger partial charge in [0.1, 0.15) is 33.3 Å². The lowest BCUT2D eigenvalue weighted by Gasteiger charge is -2.62. The van der Waals surface area contributed by atoms with Crippen molar-refractivity contribution >= 4 is 87.3 Å². The number of nitrogens with zero attached hydrogens (tertiary/aromatic N) is 4. The highest BCUT2D eigenvalue weighted by Crippen LogP contribution is 2.68. The van der Waals surface area contributed by atoms with Gasteiger partial charge in [-0.25, -0.2) is 19.4 Å². The number of benzene rings is 2. The zero-order valence-electron chi connectivity index (χ0n) is 51.3. The average molecular weight is 1230 g/mol. The fourth-order valence-electron chi connectivity index (χ4n) is 15.6. The third kappa shape index (κ3) is 14.5. The van der Waals surface area contributed by atoms with Crippen molar-refractivity contribution in [1.29, 1.82) is 0 Å². The Hall–Kier alpha value is -5.77. The number of aromatic nitrogens is 1. The SMILES string of the molecule is C=c1c(C)c(O)c(=C)c(C(C)(C)CC(=O)N(C)CCN(CCCCCC(=O)NCCCCC(NC(=O)CC[C@@H](C)[C@H]2CC[C@H]3[C@@H]4CC[C@@H]5C[C@H](O)CC[C@]5(C)[C@H]4C[C@H](O)[C@]23C)C(=O)O)C(=O)Oc2ccc3nc(C4=NC(C(=O)O)CS4)sc3c2)c1O. The van der Waals surface area contributed by atoms with Crippen LogP contribution in [-0.2, 0) is 29.4 Å². The number of thioether (sulfide) groups is 1. The van der Waals surface area contributed by atoms with Crippen LogP contribution in [0.15, 0.2) is 23.2 Å². The minimum atomic E-state index is -1.10. The molecule has 2 unspecified atom stereocenters. The quantitative estimate of drug-likeness (QED) is 0.0277. The highest BCUT2D eigenvalue weighted by atomic mass is 32.2. The predicted octanol–water partition coefficient (Wildman–Crippen LogP) is 8.23. The van der Waals surface area contributed by atoms with E-state index in [0.29, 0.717) is 106 Å². The Morgan fingerprint density at radius 2 is 1.63 bits per heavy atom. The van der Waals surface area contributed by atoms with Gasteiger partial charge >= 0.3 is 18.0 Å². The molecule has 8 N–H and O–H groups in total. The van der Waals surface area contributed by atoms with Crippen LogP contribution in [0.1, 0.15) is 166 Å². The number of fused-ring (bicyclic) bond motifs is 6. The number of ether oxygens (including phenoxy) is 1. The Kier molecular flexibility index (Phi) is 21.3. The summed E-state index contributed by atoms with van der Waals surface area (Å²) in [5.41, 5.74) is 0.325. The Bertz CT molecular complexity index is 3150. The zero-order chi connectivity index (χ0) is 62.6. The summed E-state index contributed by atoms with van der Waals surface area (Å²) in [6.45, 7) is 20.8. The van der Waals surface area contributed by atoms with Gasteiger partial charge in [-0.15, -0.1) is 23.1 Å². The summed E-state index contributed by atoms with van der Waals surface area (Å²) in [5.74, 6) is -0.0693. The predicted molar refractivity (Wildman–Crippen MR) is 334 cm³/mol. The number of aliphatic carboxylic acids is 2. The highest BCUT2D eigenvalue weighted by molar-refractivity contribution is 8.15. The summed E-state index contributed by atoms with van der Waals surface area (Å²) < 4.78 is 6.61. The smallest absolute Gasteiger partial charge is 0.415 e. The van der Waals surface area contributed by atoms with Crippen LogP contribution in [0.3, 0.4) is 0 Å². The third-order valence-electron chi connectivity index (χ3n) is 20.8. The number of unbranched alkanes of at least 4 members (excludes halogenated alkanes) is 3. The van der Waals surface area contributed by atoms with E-state index in [1.807, 2.05) is 0 Å². The summed E-state index contributed by atoms with van der Waals surface area (Å²) >= 11 is 2.63. The first kappa shape index (κ1) is 66.2. The van der Waals surface area contributed by atoms with Gasteiger partial charge in [0.2, 0.25) is 17.7 Å². The molecule has 1 aromatic heterocycles. The van der Waals surface area contributed by atoms with Crippen molar-refractivity contribution in [3.8, 4) is 17.2 Å². The van der Waals surface area contributed by atoms with Gasteiger partial charge in [0.05, 0.1) is 22.4 Å². The van der Waals surface area contributed by atoms with Crippen molar-refractivity contribution < 1.29 is 64.1 Å². The number of phenols is 2. The number of aliphatic hydroxyl groups is 2. The number of carbonyl (C=O) groups excluding carboxylic acids is 4. The number of carbonyl (C=O) groups is 6. The van der Waals surface area contributed by atoms with Crippen LogP contribution < -0.4 is 25.8 Å². The molecule has 0 bridgehead atoms. The molecule has 4 saturated carbocycles. The topological polar surface area (TPSA) is 289 Å². The van der Waals surface area contributed by atoms with E-state index in [4.69, 9.17) is 4.74 Å². The lowest BCUT2D eigenvalue weighted by molar-refractivity contribution is -0.175. The van der Waals surface area contributed by atoms with Gasteiger partial charge in [0.15, 0.2) is 6.04 Å². The van der Waals surface area contributed by atoms with Crippen molar-refractivity contribution in [2.75, 3.05) is 39.0 Å². The number of amides is 4. The molecule has 4 fully saturated rings. The summed E-state index contributed by atoms with van der Waals surface area (Å²) in [7, 11) is 1.62. The molecular formula is C65H92N6O13S2. The fourth-order valence-corrected chi connectivity index (χ4v) is 17.7. The van der Waals surface area contributed by atoms with Crippen molar-refractivity contribution in [3.63, 3.8) is 0 Å². The van der Waals surface area contributed by atoms with Crippen LogP contribution in [0.25, 0.3) is 23.4 Å². The second-order valence-corrected chi connectivity index (χ2v) is 28.7. The summed E-state index contributed by atoms with van der Waals surface area (Å²) in [6.07, 6.45) is 10.5. The molecule has 0 saturated heterocycles. The van der Waals surface area contributed by atoms with Crippen LogP contribution in [0.2, 0.25) is 0 Å². The second-order valence-electron chi connectivity index (χ2n) is 26.7. The maximum absolute atomic E-state index is 13.9. The molecule has 4 aliphatic carbocycles. The first-order valence-corrected chi connectivity index (χ1v) is 32.9. The number of phenolic OH excluding ortho intramolecular Hbond substituents is 2. The van der Waals surface area contributed by atoms with Crippen molar-refractivity contribution in [2.45, 2.75) is 187 Å². The van der Waals surface area contributed by atoms with Gasteiger partial charge in [-0.3, -0.25) is 19.4 Å². The standard InChI is InChI=1S/C65H92N6O13S2/c1-36(44-21-22-45-43-20-18-40-31-41(72)25-26-64(40,7)46(43)33-51(73)65(44,45)8)17-24-53(75)67-48(60(79)80)15-12-13-27-66-52(74)16-11-10-14-28-71(30-29-70(9)54(76)34-63(5,6)55-39(4)56(77)37(2)38(3)57(55)78)62(83)84-42-19-23-47-50(32-42)86-59(68-47)58-69-49(35-85-58)61(81)82/h19,23,32,36,40-41,43-46,48-49,51,72-73,77-78H,3-4,10-18,20-22,24-31,33-35H2,1-2,5-9H3,(H,66,74)(H,67,75)(H,79,80)(H,81,82)/t36-,40-,41-,43+,44-,45+,46+,48?,49?,51+,64+,65-/m1/s1. The summed E-state index contributed by atoms with van der Waals surface area (Å²) in [6, 6.07) is 3.13. The molecule has 0 spiro atoms. The molecule has 2 heterocycles. The fraction of sp³-hybridized carbons (Fsp3) is 0.662. The van der Waals surface area contributed by atoms with Gasteiger partial charge in [-0.05, 0) is 155 Å². The Morgan fingerprint density at radius 3 is 2.35 bits per heavy atom. The molecule has 4 amide bonds. The highest BCUT2D eigenvalue weighted by Gasteiger charge is 2.63. The number of carboxylic acid groups (broad SMARTS) is 2. The number of nitrogens with one attached hydrogen (secondary N) is 2. The molecule has 3 aromatic rings. The van der Waals surface area contributed by atoms with Crippen molar-refractivity contribution in [2.24, 2.45) is 51.3 Å². The molecule has 1 aliphatic heterocycles. The first-order chi connectivity index (χ1) is 40.6. The number of likely N-dealkylation sites (N-methyl/N-ethyl adjacent to an activating group) is 1. The molecule has 472 valence electrons. The molecule has 0 radical (unpaired) electrons. The van der Waals surface area contributed by atoms with E-state index < -0.39 is 41.6 Å². The molecule has 12 atom stereocenters. The number of hydrogen-bond donors (Lipinski definition) is 8. The number of aliphatic imine (C=N–C) groups is 1. The molecule has 5 aliphatic rings. The molecular weight excluding hydrogens is 1140 g/mol. The number of rotatable bonds is 26. The maximum atomic E-state index is 13.9. The molecule has 86 heavy (non-hydrogen) atoms.